The largest absolute Gasteiger partial charge is 0.342 e. The van der Waals surface area contributed by atoms with Crippen molar-refractivity contribution in [3.8, 4) is 0 Å². The van der Waals surface area contributed by atoms with Gasteiger partial charge in [0, 0.05) is 38.1 Å². The van der Waals surface area contributed by atoms with Gasteiger partial charge in [0.25, 0.3) is 0 Å². The predicted molar refractivity (Wildman–Crippen MR) is 104 cm³/mol. The highest BCUT2D eigenvalue weighted by Crippen LogP contribution is 2.29. The van der Waals surface area contributed by atoms with E-state index in [0.29, 0.717) is 36.6 Å². The molecule has 0 radical (unpaired) electrons. The lowest BCUT2D eigenvalue weighted by Crippen LogP contribution is -2.60. The van der Waals surface area contributed by atoms with Gasteiger partial charge in [0.2, 0.25) is 5.91 Å². The Morgan fingerprint density at radius 2 is 1.86 bits per heavy atom. The van der Waals surface area contributed by atoms with E-state index in [1.165, 1.54) is 12.1 Å². The van der Waals surface area contributed by atoms with Gasteiger partial charge in [-0.1, -0.05) is 48.0 Å². The molecule has 146 valence electrons. The Morgan fingerprint density at radius 3 is 2.57 bits per heavy atom. The molecule has 2 aliphatic rings. The lowest BCUT2D eigenvalue weighted by molar-refractivity contribution is -0.139. The maximum atomic E-state index is 13.3. The van der Waals surface area contributed by atoms with Crippen LogP contribution in [0.5, 0.6) is 0 Å². The molecule has 0 N–H and O–H groups in total. The lowest BCUT2D eigenvalue weighted by Gasteiger charge is -2.40. The van der Waals surface area contributed by atoms with Gasteiger partial charge in [-0.15, -0.1) is 0 Å². The van der Waals surface area contributed by atoms with Crippen LogP contribution in [0.2, 0.25) is 5.02 Å². The summed E-state index contributed by atoms with van der Waals surface area (Å²) in [4.78, 5) is 31.1. The van der Waals surface area contributed by atoms with Gasteiger partial charge in [-0.3, -0.25) is 4.79 Å². The number of hydrogen-bond acceptors (Lipinski definition) is 2. The highest BCUT2D eigenvalue weighted by molar-refractivity contribution is 6.31. The molecule has 0 saturated carbocycles. The van der Waals surface area contributed by atoms with Gasteiger partial charge < -0.3 is 14.7 Å². The molecule has 4 rings (SSSR count). The van der Waals surface area contributed by atoms with Crippen LogP contribution in [0, 0.1) is 5.82 Å². The summed E-state index contributed by atoms with van der Waals surface area (Å²) in [7, 11) is 1.78. The average molecular weight is 402 g/mol. The van der Waals surface area contributed by atoms with Crippen molar-refractivity contribution in [3.05, 3.63) is 70.5 Å². The summed E-state index contributed by atoms with van der Waals surface area (Å²) in [5.41, 5.74) is 1.71. The van der Waals surface area contributed by atoms with Crippen molar-refractivity contribution < 1.29 is 14.0 Å². The summed E-state index contributed by atoms with van der Waals surface area (Å²) in [5, 5.41) is 0.298. The summed E-state index contributed by atoms with van der Waals surface area (Å²) in [6.45, 7) is 1.31. The number of halogens is 2. The van der Waals surface area contributed by atoms with Crippen molar-refractivity contribution in [1.29, 1.82) is 0 Å². The monoisotopic (exact) mass is 401 g/mol. The molecule has 5 nitrogen and oxygen atoms in total. The number of carbonyl (C=O) groups excluding carboxylic acids is 2. The van der Waals surface area contributed by atoms with E-state index in [0.717, 1.165) is 5.56 Å². The SMILES string of the molecule is CN1C[C@H]2CN(Cc3ccc(F)cc3Cl)C(=O)N2[C@@H](Cc2ccccc2)C1=O. The van der Waals surface area contributed by atoms with Crippen molar-refractivity contribution in [1.82, 2.24) is 14.7 Å². The van der Waals surface area contributed by atoms with Crippen molar-refractivity contribution in [3.63, 3.8) is 0 Å². The maximum absolute atomic E-state index is 13.3. The van der Waals surface area contributed by atoms with Gasteiger partial charge in [0.05, 0.1) is 6.04 Å². The molecule has 0 unspecified atom stereocenters. The van der Waals surface area contributed by atoms with E-state index in [2.05, 4.69) is 0 Å². The van der Waals surface area contributed by atoms with Gasteiger partial charge in [-0.05, 0) is 23.3 Å². The molecule has 2 aromatic carbocycles. The number of piperazine rings is 1. The Hall–Kier alpha value is -2.60. The quantitative estimate of drug-likeness (QED) is 0.789. The third-order valence-electron chi connectivity index (χ3n) is 5.45. The zero-order valence-corrected chi connectivity index (χ0v) is 16.3. The van der Waals surface area contributed by atoms with Crippen LogP contribution in [0.3, 0.4) is 0 Å². The molecule has 2 heterocycles. The topological polar surface area (TPSA) is 43.9 Å². The number of rotatable bonds is 4. The number of hydrogen-bond donors (Lipinski definition) is 0. The fourth-order valence-corrected chi connectivity index (χ4v) is 4.29. The zero-order valence-electron chi connectivity index (χ0n) is 15.5. The van der Waals surface area contributed by atoms with Crippen molar-refractivity contribution in [2.24, 2.45) is 0 Å². The standard InChI is InChI=1S/C21H21ClFN3O2/c1-24-12-17-13-25(11-15-7-8-16(23)10-18(15)22)21(28)26(17)19(20(24)27)9-14-5-3-2-4-6-14/h2-8,10,17,19H,9,11-13H2,1H3/t17-,19-/m0/s1. The number of amides is 3. The van der Waals surface area contributed by atoms with E-state index in [-0.39, 0.29) is 18.0 Å². The van der Waals surface area contributed by atoms with Gasteiger partial charge in [-0.2, -0.15) is 0 Å². The summed E-state index contributed by atoms with van der Waals surface area (Å²) >= 11 is 6.14. The molecule has 0 bridgehead atoms. The third kappa shape index (κ3) is 3.44. The van der Waals surface area contributed by atoms with E-state index in [1.807, 2.05) is 30.3 Å². The first-order valence-corrected chi connectivity index (χ1v) is 9.62. The highest BCUT2D eigenvalue weighted by Gasteiger charge is 2.48. The molecule has 0 aromatic heterocycles. The molecule has 3 amide bonds. The Morgan fingerprint density at radius 1 is 1.11 bits per heavy atom. The molecular formula is C21H21ClFN3O2. The fraction of sp³-hybridized carbons (Fsp3) is 0.333. The molecule has 2 aliphatic heterocycles. The van der Waals surface area contributed by atoms with Crippen molar-refractivity contribution in [2.75, 3.05) is 20.1 Å². The van der Waals surface area contributed by atoms with Crippen LogP contribution in [0.15, 0.2) is 48.5 Å². The molecule has 28 heavy (non-hydrogen) atoms. The van der Waals surface area contributed by atoms with E-state index in [1.54, 1.807) is 27.8 Å². The molecule has 7 heteroatoms. The van der Waals surface area contributed by atoms with Crippen LogP contribution in [0.25, 0.3) is 0 Å². The van der Waals surface area contributed by atoms with Gasteiger partial charge in [0.15, 0.2) is 0 Å². The summed E-state index contributed by atoms with van der Waals surface area (Å²) in [6.07, 6.45) is 0.484. The van der Waals surface area contributed by atoms with E-state index in [9.17, 15) is 14.0 Å². The maximum Gasteiger partial charge on any atom is 0.321 e. The third-order valence-corrected chi connectivity index (χ3v) is 5.80. The Bertz CT molecular complexity index is 908. The first-order chi connectivity index (χ1) is 13.4. The van der Waals surface area contributed by atoms with E-state index >= 15 is 0 Å². The second-order valence-electron chi connectivity index (χ2n) is 7.38. The number of fused-ring (bicyclic) bond motifs is 1. The lowest BCUT2D eigenvalue weighted by atomic mass is 9.99. The zero-order chi connectivity index (χ0) is 19.8. The van der Waals surface area contributed by atoms with Crippen LogP contribution < -0.4 is 0 Å². The number of urea groups is 1. The van der Waals surface area contributed by atoms with Crippen molar-refractivity contribution in [2.45, 2.75) is 25.0 Å². The Balaban J connectivity index is 1.57. The molecule has 0 spiro atoms. The average Bonchev–Trinajstić information content (AvgIpc) is 2.97. The molecule has 2 fully saturated rings. The number of nitrogens with zero attached hydrogens (tertiary/aromatic N) is 3. The minimum absolute atomic E-state index is 0.0462. The van der Waals surface area contributed by atoms with Gasteiger partial charge >= 0.3 is 6.03 Å². The summed E-state index contributed by atoms with van der Waals surface area (Å²) in [5.74, 6) is -0.454. The Kier molecular flexibility index (Phi) is 4.98. The van der Waals surface area contributed by atoms with Crippen LogP contribution in [-0.4, -0.2) is 58.9 Å². The first kappa shape index (κ1) is 18.7. The molecular weight excluding hydrogens is 381 g/mol. The second kappa shape index (κ2) is 7.43. The molecule has 2 atom stereocenters. The van der Waals surface area contributed by atoms with Crippen LogP contribution in [0.4, 0.5) is 9.18 Å². The first-order valence-electron chi connectivity index (χ1n) is 9.24. The minimum atomic E-state index is -0.521. The van der Waals surface area contributed by atoms with Crippen molar-refractivity contribution >= 4 is 23.5 Å². The number of benzene rings is 2. The van der Waals surface area contributed by atoms with E-state index in [4.69, 9.17) is 11.6 Å². The minimum Gasteiger partial charge on any atom is -0.342 e. The number of carbonyl (C=O) groups is 2. The summed E-state index contributed by atoms with van der Waals surface area (Å²) in [6, 6.07) is 13.1. The summed E-state index contributed by atoms with van der Waals surface area (Å²) < 4.78 is 13.3. The highest BCUT2D eigenvalue weighted by atomic mass is 35.5. The molecule has 0 aliphatic carbocycles. The molecule has 2 aromatic rings. The van der Waals surface area contributed by atoms with Gasteiger partial charge in [0.1, 0.15) is 11.9 Å². The predicted octanol–water partition coefficient (Wildman–Crippen LogP) is 3.17. The fourth-order valence-electron chi connectivity index (χ4n) is 4.06. The smallest absolute Gasteiger partial charge is 0.321 e. The normalized spacial score (nSPS) is 22.0. The molecule has 2 saturated heterocycles. The van der Waals surface area contributed by atoms with E-state index < -0.39 is 11.9 Å². The van der Waals surface area contributed by atoms with Crippen LogP contribution >= 0.6 is 11.6 Å². The van der Waals surface area contributed by atoms with Crippen LogP contribution in [-0.2, 0) is 17.8 Å². The van der Waals surface area contributed by atoms with Crippen LogP contribution in [0.1, 0.15) is 11.1 Å². The second-order valence-corrected chi connectivity index (χ2v) is 7.79. The number of likely N-dealkylation sites (N-methyl/N-ethyl adjacent to an activating group) is 1. The van der Waals surface area contributed by atoms with Gasteiger partial charge in [-0.25, -0.2) is 9.18 Å². The Labute approximate surface area is 168 Å².